The highest BCUT2D eigenvalue weighted by molar-refractivity contribution is 7.07. The minimum absolute atomic E-state index is 0.252. The van der Waals surface area contributed by atoms with Crippen LogP contribution in [0.15, 0.2) is 16.8 Å². The zero-order chi connectivity index (χ0) is 12.1. The Morgan fingerprint density at radius 1 is 1.35 bits per heavy atom. The van der Waals surface area contributed by atoms with E-state index in [0.29, 0.717) is 0 Å². The fraction of sp³-hybridized carbons (Fsp3) is 0.714. The van der Waals surface area contributed by atoms with Crippen molar-refractivity contribution in [2.75, 3.05) is 26.7 Å². The Bertz CT molecular complexity index is 317. The number of aliphatic hydroxyl groups excluding tert-OH is 1. The molecule has 0 aliphatic carbocycles. The molecule has 0 saturated carbocycles. The van der Waals surface area contributed by atoms with Crippen LogP contribution in [0.5, 0.6) is 0 Å². The molecule has 2 rings (SSSR count). The Hall–Kier alpha value is -0.380. The van der Waals surface area contributed by atoms with Crippen LogP contribution in [0, 0.1) is 0 Å². The van der Waals surface area contributed by atoms with Gasteiger partial charge in [0.15, 0.2) is 0 Å². The Kier molecular flexibility index (Phi) is 4.60. The molecule has 1 aliphatic rings. The Balaban J connectivity index is 1.72. The third-order valence-electron chi connectivity index (χ3n) is 4.00. The van der Waals surface area contributed by atoms with E-state index in [2.05, 4.69) is 12.4 Å². The summed E-state index contributed by atoms with van der Waals surface area (Å²) >= 11 is 1.66. The molecule has 0 radical (unpaired) electrons. The molecule has 1 aromatic rings. The van der Waals surface area contributed by atoms with Gasteiger partial charge < -0.3 is 9.59 Å². The van der Waals surface area contributed by atoms with Gasteiger partial charge in [-0.25, -0.2) is 0 Å². The van der Waals surface area contributed by atoms with E-state index >= 15 is 0 Å². The van der Waals surface area contributed by atoms with Crippen LogP contribution < -0.4 is 0 Å². The molecule has 1 aliphatic heterocycles. The summed E-state index contributed by atoms with van der Waals surface area (Å²) in [6.45, 7) is 3.88. The molecule has 1 fully saturated rings. The lowest BCUT2D eigenvalue weighted by Gasteiger charge is -2.38. The minimum atomic E-state index is -0.252. The SMILES string of the molecule is C[N+]1(CCCC(O)c2ccsc2)CCCCC1. The van der Waals surface area contributed by atoms with Gasteiger partial charge in [-0.05, 0) is 54.5 Å². The van der Waals surface area contributed by atoms with Crippen molar-refractivity contribution in [3.05, 3.63) is 22.4 Å². The third-order valence-corrected chi connectivity index (χ3v) is 4.70. The van der Waals surface area contributed by atoms with Gasteiger partial charge in [0.05, 0.1) is 32.8 Å². The topological polar surface area (TPSA) is 20.2 Å². The second-order valence-electron chi connectivity index (χ2n) is 5.57. The van der Waals surface area contributed by atoms with Crippen molar-refractivity contribution in [2.45, 2.75) is 38.2 Å². The lowest BCUT2D eigenvalue weighted by Crippen LogP contribution is -2.48. The first kappa shape index (κ1) is 13.1. The maximum absolute atomic E-state index is 10.0. The van der Waals surface area contributed by atoms with Crippen molar-refractivity contribution >= 4 is 11.3 Å². The van der Waals surface area contributed by atoms with Crippen LogP contribution in [-0.2, 0) is 0 Å². The van der Waals surface area contributed by atoms with Crippen LogP contribution in [0.25, 0.3) is 0 Å². The fourth-order valence-corrected chi connectivity index (χ4v) is 3.50. The summed E-state index contributed by atoms with van der Waals surface area (Å²) in [6, 6.07) is 2.03. The van der Waals surface area contributed by atoms with Gasteiger partial charge in [0.1, 0.15) is 0 Å². The Morgan fingerprint density at radius 3 is 2.76 bits per heavy atom. The number of nitrogens with zero attached hydrogens (tertiary/aromatic N) is 1. The highest BCUT2D eigenvalue weighted by atomic mass is 32.1. The van der Waals surface area contributed by atoms with Gasteiger partial charge in [-0.3, -0.25) is 0 Å². The summed E-state index contributed by atoms with van der Waals surface area (Å²) in [5.74, 6) is 0. The summed E-state index contributed by atoms with van der Waals surface area (Å²) in [5.41, 5.74) is 1.09. The summed E-state index contributed by atoms with van der Waals surface area (Å²) in [4.78, 5) is 0. The number of likely N-dealkylation sites (tertiary alicyclic amines) is 1. The van der Waals surface area contributed by atoms with E-state index in [1.807, 2.05) is 11.4 Å². The first-order valence-electron chi connectivity index (χ1n) is 6.73. The first-order chi connectivity index (χ1) is 8.20. The molecule has 2 nitrogen and oxygen atoms in total. The van der Waals surface area contributed by atoms with Gasteiger partial charge in [-0.15, -0.1) is 0 Å². The third kappa shape index (κ3) is 3.80. The molecule has 0 amide bonds. The van der Waals surface area contributed by atoms with Crippen molar-refractivity contribution in [2.24, 2.45) is 0 Å². The Labute approximate surface area is 108 Å². The van der Waals surface area contributed by atoms with E-state index < -0.39 is 0 Å². The molecule has 0 aromatic carbocycles. The average Bonchev–Trinajstić information content (AvgIpc) is 2.83. The zero-order valence-corrected chi connectivity index (χ0v) is 11.6. The molecule has 1 atom stereocenters. The van der Waals surface area contributed by atoms with Crippen molar-refractivity contribution in [3.8, 4) is 0 Å². The van der Waals surface area contributed by atoms with Crippen LogP contribution in [0.3, 0.4) is 0 Å². The van der Waals surface area contributed by atoms with E-state index in [4.69, 9.17) is 0 Å². The summed E-state index contributed by atoms with van der Waals surface area (Å²) in [7, 11) is 2.37. The van der Waals surface area contributed by atoms with Gasteiger partial charge in [-0.2, -0.15) is 11.3 Å². The van der Waals surface area contributed by atoms with Crippen LogP contribution in [0.1, 0.15) is 43.8 Å². The van der Waals surface area contributed by atoms with Crippen LogP contribution in [0.4, 0.5) is 0 Å². The van der Waals surface area contributed by atoms with Gasteiger partial charge in [0, 0.05) is 0 Å². The lowest BCUT2D eigenvalue weighted by molar-refractivity contribution is -0.914. The van der Waals surface area contributed by atoms with Gasteiger partial charge in [0.25, 0.3) is 0 Å². The van der Waals surface area contributed by atoms with E-state index in [1.165, 1.54) is 43.4 Å². The second-order valence-corrected chi connectivity index (χ2v) is 6.35. The Morgan fingerprint density at radius 2 is 2.12 bits per heavy atom. The van der Waals surface area contributed by atoms with Gasteiger partial charge >= 0.3 is 0 Å². The standard InChI is InChI=1S/C14H24NOS/c1-15(8-3-2-4-9-15)10-5-6-14(16)13-7-11-17-12-13/h7,11-12,14,16H,2-6,8-10H2,1H3/q+1. The average molecular weight is 254 g/mol. The molecule has 0 spiro atoms. The maximum atomic E-state index is 10.0. The lowest BCUT2D eigenvalue weighted by atomic mass is 10.1. The smallest absolute Gasteiger partial charge is 0.0800 e. The number of thiophene rings is 1. The van der Waals surface area contributed by atoms with Crippen LogP contribution in [-0.4, -0.2) is 36.3 Å². The maximum Gasteiger partial charge on any atom is 0.0800 e. The molecule has 1 unspecified atom stereocenters. The number of aliphatic hydroxyl groups is 1. The summed E-state index contributed by atoms with van der Waals surface area (Å²) in [5, 5.41) is 14.1. The van der Waals surface area contributed by atoms with Crippen molar-refractivity contribution < 1.29 is 9.59 Å². The van der Waals surface area contributed by atoms with E-state index in [1.54, 1.807) is 11.3 Å². The number of quaternary nitrogens is 1. The summed E-state index contributed by atoms with van der Waals surface area (Å²) in [6.07, 6.45) is 5.95. The number of piperidine rings is 1. The van der Waals surface area contributed by atoms with Crippen molar-refractivity contribution in [1.29, 1.82) is 0 Å². The summed E-state index contributed by atoms with van der Waals surface area (Å²) < 4.78 is 1.22. The van der Waals surface area contributed by atoms with E-state index in [-0.39, 0.29) is 6.10 Å². The van der Waals surface area contributed by atoms with Crippen molar-refractivity contribution in [1.82, 2.24) is 0 Å². The van der Waals surface area contributed by atoms with Crippen LogP contribution in [0.2, 0.25) is 0 Å². The van der Waals surface area contributed by atoms with Gasteiger partial charge in [-0.1, -0.05) is 0 Å². The van der Waals surface area contributed by atoms with Crippen LogP contribution >= 0.6 is 11.3 Å². The molecule has 1 aromatic heterocycles. The quantitative estimate of drug-likeness (QED) is 0.800. The van der Waals surface area contributed by atoms with Crippen molar-refractivity contribution in [3.63, 3.8) is 0 Å². The minimum Gasteiger partial charge on any atom is -0.388 e. The number of hydrogen-bond donors (Lipinski definition) is 1. The molecular weight excluding hydrogens is 230 g/mol. The first-order valence-corrected chi connectivity index (χ1v) is 7.68. The molecule has 2 heterocycles. The molecule has 1 N–H and O–H groups in total. The molecular formula is C14H24NOS+. The van der Waals surface area contributed by atoms with Gasteiger partial charge in [0.2, 0.25) is 0 Å². The number of rotatable bonds is 5. The van der Waals surface area contributed by atoms with E-state index in [0.717, 1.165) is 18.4 Å². The van der Waals surface area contributed by atoms with E-state index in [9.17, 15) is 5.11 Å². The zero-order valence-electron chi connectivity index (χ0n) is 10.8. The predicted octanol–water partition coefficient (Wildman–Crippen LogP) is 3.19. The molecule has 1 saturated heterocycles. The number of hydrogen-bond acceptors (Lipinski definition) is 2. The highest BCUT2D eigenvalue weighted by Gasteiger charge is 2.24. The normalized spacial score (nSPS) is 21.3. The molecule has 0 bridgehead atoms. The molecule has 3 heteroatoms. The monoisotopic (exact) mass is 254 g/mol. The predicted molar refractivity (Wildman–Crippen MR) is 73.1 cm³/mol. The molecule has 17 heavy (non-hydrogen) atoms. The molecule has 96 valence electrons. The highest BCUT2D eigenvalue weighted by Crippen LogP contribution is 2.23. The fourth-order valence-electron chi connectivity index (χ4n) is 2.80. The largest absolute Gasteiger partial charge is 0.388 e. The second kappa shape index (κ2) is 5.98.